The Hall–Kier alpha value is -2.34. The van der Waals surface area contributed by atoms with Crippen molar-refractivity contribution < 1.29 is 4.74 Å². The van der Waals surface area contributed by atoms with Gasteiger partial charge in [-0.25, -0.2) is 4.98 Å². The monoisotopic (exact) mass is 274 g/mol. The van der Waals surface area contributed by atoms with Crippen molar-refractivity contribution in [2.75, 3.05) is 19.0 Å². The molecule has 6 heteroatoms. The molecule has 2 aromatic rings. The van der Waals surface area contributed by atoms with E-state index < -0.39 is 0 Å². The molecule has 0 saturated carbocycles. The Morgan fingerprint density at radius 1 is 1.45 bits per heavy atom. The van der Waals surface area contributed by atoms with E-state index in [4.69, 9.17) is 10.5 Å². The average Bonchev–Trinajstić information content (AvgIpc) is 2.46. The fourth-order valence-corrected chi connectivity index (χ4v) is 1.91. The van der Waals surface area contributed by atoms with Crippen LogP contribution >= 0.6 is 0 Å². The number of nitrogens with zero attached hydrogens (tertiary/aromatic N) is 1. The lowest BCUT2D eigenvalue weighted by Gasteiger charge is -2.10. The summed E-state index contributed by atoms with van der Waals surface area (Å²) in [6.07, 6.45) is 3.20. The lowest BCUT2D eigenvalue weighted by molar-refractivity contribution is 0.408. The van der Waals surface area contributed by atoms with E-state index in [0.717, 1.165) is 18.5 Å². The van der Waals surface area contributed by atoms with Crippen molar-refractivity contribution in [2.45, 2.75) is 12.8 Å². The minimum atomic E-state index is -0.315. The topological polar surface area (TPSA) is 93.0 Å². The van der Waals surface area contributed by atoms with Gasteiger partial charge in [-0.3, -0.25) is 4.79 Å². The van der Waals surface area contributed by atoms with Gasteiger partial charge in [0.25, 0.3) is 5.56 Å². The number of methoxy groups -OCH3 is 1. The van der Waals surface area contributed by atoms with Gasteiger partial charge in [-0.15, -0.1) is 0 Å². The first-order valence-corrected chi connectivity index (χ1v) is 6.42. The number of hydrogen-bond donors (Lipinski definition) is 3. The van der Waals surface area contributed by atoms with E-state index in [1.807, 2.05) is 24.3 Å². The maximum Gasteiger partial charge on any atom is 0.295 e. The summed E-state index contributed by atoms with van der Waals surface area (Å²) in [6, 6.07) is 7.92. The number of hydrogen-bond acceptors (Lipinski definition) is 5. The van der Waals surface area contributed by atoms with Crippen LogP contribution in [0.3, 0.4) is 0 Å². The highest BCUT2D eigenvalue weighted by atomic mass is 16.5. The van der Waals surface area contributed by atoms with Crippen LogP contribution in [0.2, 0.25) is 0 Å². The summed E-state index contributed by atoms with van der Waals surface area (Å²) in [5.41, 5.74) is 7.24. The van der Waals surface area contributed by atoms with E-state index in [1.54, 1.807) is 0 Å². The third kappa shape index (κ3) is 3.36. The second-order valence-corrected chi connectivity index (χ2v) is 4.33. The van der Waals surface area contributed by atoms with E-state index in [2.05, 4.69) is 15.3 Å². The number of H-pyrrole nitrogens is 1. The van der Waals surface area contributed by atoms with Crippen LogP contribution in [0.25, 0.3) is 0 Å². The van der Waals surface area contributed by atoms with E-state index in [-0.39, 0.29) is 11.3 Å². The summed E-state index contributed by atoms with van der Waals surface area (Å²) in [7, 11) is 1.44. The number of nitrogens with one attached hydrogen (secondary N) is 2. The molecule has 1 aromatic carbocycles. The largest absolute Gasteiger partial charge is 0.489 e. The molecule has 0 bridgehead atoms. The fraction of sp³-hybridized carbons (Fsp3) is 0.286. The Balaban J connectivity index is 2.22. The van der Waals surface area contributed by atoms with Crippen molar-refractivity contribution in [2.24, 2.45) is 5.73 Å². The molecular weight excluding hydrogens is 256 g/mol. The Morgan fingerprint density at radius 3 is 3.05 bits per heavy atom. The fourth-order valence-electron chi connectivity index (χ4n) is 1.91. The van der Waals surface area contributed by atoms with Crippen molar-refractivity contribution in [3.05, 3.63) is 46.5 Å². The zero-order valence-electron chi connectivity index (χ0n) is 11.3. The highest BCUT2D eigenvalue weighted by molar-refractivity contribution is 5.61. The molecule has 0 unspecified atom stereocenters. The molecule has 0 aliphatic carbocycles. The summed E-state index contributed by atoms with van der Waals surface area (Å²) in [5.74, 6) is 0.562. The van der Waals surface area contributed by atoms with Gasteiger partial charge in [-0.2, -0.15) is 0 Å². The van der Waals surface area contributed by atoms with Gasteiger partial charge in [-0.05, 0) is 37.1 Å². The molecule has 2 rings (SSSR count). The van der Waals surface area contributed by atoms with Gasteiger partial charge in [0.2, 0.25) is 5.75 Å². The smallest absolute Gasteiger partial charge is 0.295 e. The van der Waals surface area contributed by atoms with Crippen LogP contribution in [0.5, 0.6) is 5.75 Å². The summed E-state index contributed by atoms with van der Waals surface area (Å²) in [4.78, 5) is 18.2. The first kappa shape index (κ1) is 14.1. The molecule has 106 valence electrons. The maximum atomic E-state index is 11.6. The van der Waals surface area contributed by atoms with E-state index in [0.29, 0.717) is 12.4 Å². The van der Waals surface area contributed by atoms with Gasteiger partial charge < -0.3 is 20.8 Å². The quantitative estimate of drug-likeness (QED) is 0.740. The van der Waals surface area contributed by atoms with Crippen LogP contribution in [0.4, 0.5) is 11.5 Å². The second-order valence-electron chi connectivity index (χ2n) is 4.33. The van der Waals surface area contributed by atoms with E-state index >= 15 is 0 Å². The summed E-state index contributed by atoms with van der Waals surface area (Å²) < 4.78 is 5.06. The average molecular weight is 274 g/mol. The van der Waals surface area contributed by atoms with Crippen LogP contribution in [0.1, 0.15) is 12.0 Å². The molecule has 0 amide bonds. The number of ether oxygens (including phenoxy) is 1. The summed E-state index contributed by atoms with van der Waals surface area (Å²) in [5, 5.41) is 3.09. The molecule has 0 aliphatic heterocycles. The standard InChI is InChI=1S/C14H18N4O2/c1-20-12-13(16-9-17-14(12)19)18-11-6-2-4-10(8-11)5-3-7-15/h2,4,6,8-9H,3,5,7,15H2,1H3,(H2,16,17,18,19). The molecule has 20 heavy (non-hydrogen) atoms. The third-order valence-electron chi connectivity index (χ3n) is 2.87. The van der Waals surface area contributed by atoms with Crippen molar-refractivity contribution in [1.82, 2.24) is 9.97 Å². The lowest BCUT2D eigenvalue weighted by atomic mass is 10.1. The molecule has 0 atom stereocenters. The van der Waals surface area contributed by atoms with Gasteiger partial charge in [0, 0.05) is 5.69 Å². The molecular formula is C14H18N4O2. The van der Waals surface area contributed by atoms with Gasteiger partial charge in [-0.1, -0.05) is 12.1 Å². The Labute approximate surface area is 117 Å². The van der Waals surface area contributed by atoms with Crippen LogP contribution in [-0.4, -0.2) is 23.6 Å². The third-order valence-corrected chi connectivity index (χ3v) is 2.87. The molecule has 0 saturated heterocycles. The Bertz CT molecular complexity index is 625. The number of aryl methyl sites for hydroxylation is 1. The Morgan fingerprint density at radius 2 is 2.30 bits per heavy atom. The first-order valence-electron chi connectivity index (χ1n) is 6.42. The maximum absolute atomic E-state index is 11.6. The van der Waals surface area contributed by atoms with Crippen molar-refractivity contribution in [1.29, 1.82) is 0 Å². The first-order chi connectivity index (χ1) is 9.74. The van der Waals surface area contributed by atoms with Gasteiger partial charge in [0.05, 0.1) is 13.4 Å². The number of nitrogens with two attached hydrogens (primary N) is 1. The van der Waals surface area contributed by atoms with Crippen molar-refractivity contribution in [3.63, 3.8) is 0 Å². The molecule has 0 spiro atoms. The molecule has 0 radical (unpaired) electrons. The predicted octanol–water partition coefficient (Wildman–Crippen LogP) is 1.41. The number of anilines is 2. The minimum absolute atomic E-state index is 0.167. The molecule has 1 heterocycles. The number of aromatic nitrogens is 2. The van der Waals surface area contributed by atoms with Crippen LogP contribution in [0.15, 0.2) is 35.4 Å². The number of benzene rings is 1. The number of rotatable bonds is 6. The molecule has 4 N–H and O–H groups in total. The van der Waals surface area contributed by atoms with Crippen molar-refractivity contribution in [3.8, 4) is 5.75 Å². The molecule has 0 aliphatic rings. The van der Waals surface area contributed by atoms with Crippen LogP contribution < -0.4 is 21.3 Å². The normalized spacial score (nSPS) is 10.3. The van der Waals surface area contributed by atoms with Crippen LogP contribution in [0, 0.1) is 0 Å². The Kier molecular flexibility index (Phi) is 4.73. The van der Waals surface area contributed by atoms with Gasteiger partial charge in [0.15, 0.2) is 5.82 Å². The SMILES string of the molecule is COc1c(Nc2cccc(CCCN)c2)nc[nH]c1=O. The molecule has 0 fully saturated rings. The highest BCUT2D eigenvalue weighted by Crippen LogP contribution is 2.21. The minimum Gasteiger partial charge on any atom is -0.489 e. The zero-order valence-corrected chi connectivity index (χ0v) is 11.3. The lowest BCUT2D eigenvalue weighted by Crippen LogP contribution is -2.12. The molecule has 1 aromatic heterocycles. The van der Waals surface area contributed by atoms with E-state index in [1.165, 1.54) is 19.0 Å². The van der Waals surface area contributed by atoms with Gasteiger partial charge >= 0.3 is 0 Å². The summed E-state index contributed by atoms with van der Waals surface area (Å²) in [6.45, 7) is 0.668. The van der Waals surface area contributed by atoms with E-state index in [9.17, 15) is 4.79 Å². The molecule has 6 nitrogen and oxygen atoms in total. The van der Waals surface area contributed by atoms with Crippen molar-refractivity contribution >= 4 is 11.5 Å². The number of aromatic amines is 1. The highest BCUT2D eigenvalue weighted by Gasteiger charge is 2.09. The second kappa shape index (κ2) is 6.72. The van der Waals surface area contributed by atoms with Crippen LogP contribution in [-0.2, 0) is 6.42 Å². The predicted molar refractivity (Wildman–Crippen MR) is 78.5 cm³/mol. The summed E-state index contributed by atoms with van der Waals surface area (Å²) >= 11 is 0. The zero-order chi connectivity index (χ0) is 14.4. The van der Waals surface area contributed by atoms with Gasteiger partial charge in [0.1, 0.15) is 0 Å².